The third-order valence-corrected chi connectivity index (χ3v) is 5.29. The van der Waals surface area contributed by atoms with Crippen molar-refractivity contribution < 1.29 is 0 Å². The monoisotopic (exact) mass is 309 g/mol. The van der Waals surface area contributed by atoms with Gasteiger partial charge in [-0.15, -0.1) is 0 Å². The first-order valence-electron chi connectivity index (χ1n) is 7.10. The molecule has 0 aliphatic heterocycles. The lowest BCUT2D eigenvalue weighted by atomic mass is 9.94. The number of pyridine rings is 1. The van der Waals surface area contributed by atoms with Crippen molar-refractivity contribution in [2.45, 2.75) is 50.8 Å². The van der Waals surface area contributed by atoms with Gasteiger partial charge in [0.1, 0.15) is 10.8 Å². The molecule has 1 aliphatic carbocycles. The van der Waals surface area contributed by atoms with Crippen molar-refractivity contribution in [2.75, 3.05) is 11.6 Å². The van der Waals surface area contributed by atoms with Crippen molar-refractivity contribution in [1.29, 1.82) is 0 Å². The highest BCUT2D eigenvalue weighted by Gasteiger charge is 2.25. The number of nitrogens with zero attached hydrogens (tertiary/aromatic N) is 1. The van der Waals surface area contributed by atoms with Crippen LogP contribution in [0.2, 0.25) is 0 Å². The lowest BCUT2D eigenvalue weighted by molar-refractivity contribution is 0.474. The molecule has 1 aliphatic rings. The number of nitrogens with two attached hydrogens (primary N) is 1. The largest absolute Gasteiger partial charge is 0.389 e. The Hall–Kier alpha value is -0.810. The zero-order chi connectivity index (χ0) is 14.7. The molecule has 1 aromatic heterocycles. The minimum Gasteiger partial charge on any atom is -0.389 e. The summed E-state index contributed by atoms with van der Waals surface area (Å²) in [5.74, 6) is 0.862. The SMILES string of the molecule is CSC1CCCCC1Nc1nc(C)cc(C)c1C(N)=S. The lowest BCUT2D eigenvalue weighted by Gasteiger charge is -2.32. The normalized spacial score (nSPS) is 22.6. The Bertz CT molecular complexity index is 502. The molecule has 0 radical (unpaired) electrons. The summed E-state index contributed by atoms with van der Waals surface area (Å²) in [6.45, 7) is 4.05. The first kappa shape index (κ1) is 15.6. The van der Waals surface area contributed by atoms with Crippen LogP contribution in [0.3, 0.4) is 0 Å². The highest BCUT2D eigenvalue weighted by Crippen LogP contribution is 2.30. The molecular formula is C15H23N3S2. The zero-order valence-electron chi connectivity index (χ0n) is 12.4. The molecule has 2 rings (SSSR count). The molecule has 0 saturated heterocycles. The van der Waals surface area contributed by atoms with Crippen LogP contribution in [0, 0.1) is 13.8 Å². The zero-order valence-corrected chi connectivity index (χ0v) is 14.0. The van der Waals surface area contributed by atoms with Gasteiger partial charge in [0.15, 0.2) is 0 Å². The molecule has 0 aromatic carbocycles. The molecule has 0 bridgehead atoms. The maximum absolute atomic E-state index is 5.88. The van der Waals surface area contributed by atoms with Crippen molar-refractivity contribution in [3.8, 4) is 0 Å². The van der Waals surface area contributed by atoms with Gasteiger partial charge in [0.2, 0.25) is 0 Å². The van der Waals surface area contributed by atoms with Crippen LogP contribution in [0.15, 0.2) is 6.07 Å². The van der Waals surface area contributed by atoms with E-state index in [9.17, 15) is 0 Å². The fraction of sp³-hybridized carbons (Fsp3) is 0.600. The summed E-state index contributed by atoms with van der Waals surface area (Å²) in [6, 6.07) is 2.49. The van der Waals surface area contributed by atoms with Crippen LogP contribution >= 0.6 is 24.0 Å². The molecule has 1 saturated carbocycles. The third kappa shape index (κ3) is 3.44. The molecule has 2 unspecified atom stereocenters. The highest BCUT2D eigenvalue weighted by atomic mass is 32.2. The summed E-state index contributed by atoms with van der Waals surface area (Å²) in [7, 11) is 0. The van der Waals surface area contributed by atoms with E-state index in [4.69, 9.17) is 18.0 Å². The van der Waals surface area contributed by atoms with Gasteiger partial charge < -0.3 is 11.1 Å². The fourth-order valence-electron chi connectivity index (χ4n) is 2.97. The number of thiocarbonyl (C=S) groups is 1. The van der Waals surface area contributed by atoms with Crippen LogP contribution in [0.1, 0.15) is 42.5 Å². The topological polar surface area (TPSA) is 50.9 Å². The Morgan fingerprint density at radius 2 is 2.10 bits per heavy atom. The number of hydrogen-bond acceptors (Lipinski definition) is 4. The van der Waals surface area contributed by atoms with E-state index in [1.807, 2.05) is 31.7 Å². The van der Waals surface area contributed by atoms with Gasteiger partial charge >= 0.3 is 0 Å². The molecule has 1 fully saturated rings. The first-order valence-corrected chi connectivity index (χ1v) is 8.80. The van der Waals surface area contributed by atoms with Gasteiger partial charge in [-0.05, 0) is 44.6 Å². The van der Waals surface area contributed by atoms with E-state index < -0.39 is 0 Å². The maximum atomic E-state index is 5.88. The molecular weight excluding hydrogens is 286 g/mol. The van der Waals surface area contributed by atoms with Gasteiger partial charge in [0.25, 0.3) is 0 Å². The van der Waals surface area contributed by atoms with Gasteiger partial charge in [-0.25, -0.2) is 4.98 Å². The first-order chi connectivity index (χ1) is 9.52. The quantitative estimate of drug-likeness (QED) is 0.835. The average molecular weight is 310 g/mol. The summed E-state index contributed by atoms with van der Waals surface area (Å²) in [6.07, 6.45) is 7.26. The van der Waals surface area contributed by atoms with E-state index >= 15 is 0 Å². The highest BCUT2D eigenvalue weighted by molar-refractivity contribution is 7.99. The van der Waals surface area contributed by atoms with Gasteiger partial charge in [-0.2, -0.15) is 11.8 Å². The third-order valence-electron chi connectivity index (χ3n) is 3.92. The molecule has 20 heavy (non-hydrogen) atoms. The van der Waals surface area contributed by atoms with Crippen LogP contribution in [-0.4, -0.2) is 27.5 Å². The number of nitrogens with one attached hydrogen (secondary N) is 1. The van der Waals surface area contributed by atoms with E-state index in [-0.39, 0.29) is 0 Å². The molecule has 0 spiro atoms. The van der Waals surface area contributed by atoms with E-state index in [0.29, 0.717) is 16.3 Å². The van der Waals surface area contributed by atoms with Crippen molar-refractivity contribution in [3.05, 3.63) is 22.9 Å². The lowest BCUT2D eigenvalue weighted by Crippen LogP contribution is -2.35. The number of aryl methyl sites for hydroxylation is 2. The summed E-state index contributed by atoms with van der Waals surface area (Å²) >= 11 is 7.14. The van der Waals surface area contributed by atoms with E-state index in [2.05, 4.69) is 16.6 Å². The van der Waals surface area contributed by atoms with Crippen molar-refractivity contribution in [1.82, 2.24) is 4.98 Å². The predicted octanol–water partition coefficient (Wildman–Crippen LogP) is 3.42. The Kier molecular flexibility index (Phi) is 5.27. The standard InChI is InChI=1S/C15H23N3S2/c1-9-8-10(2)17-15(13(9)14(16)19)18-11-6-4-5-7-12(11)20-3/h8,11-12H,4-7H2,1-3H3,(H2,16,19)(H,17,18). The molecule has 3 nitrogen and oxygen atoms in total. The van der Waals surface area contributed by atoms with Gasteiger partial charge in [-0.1, -0.05) is 25.1 Å². The molecule has 5 heteroatoms. The second-order valence-corrected chi connectivity index (χ2v) is 6.99. The molecule has 1 aromatic rings. The molecule has 0 amide bonds. The van der Waals surface area contributed by atoms with Crippen LogP contribution in [0.4, 0.5) is 5.82 Å². The summed E-state index contributed by atoms with van der Waals surface area (Å²) in [5.41, 5.74) is 8.89. The Morgan fingerprint density at radius 3 is 2.75 bits per heavy atom. The fourth-order valence-corrected chi connectivity index (χ4v) is 4.16. The van der Waals surface area contributed by atoms with E-state index in [1.54, 1.807) is 0 Å². The number of aromatic nitrogens is 1. The number of thioether (sulfide) groups is 1. The molecule has 1 heterocycles. The van der Waals surface area contributed by atoms with Gasteiger partial charge in [0, 0.05) is 17.0 Å². The van der Waals surface area contributed by atoms with Crippen molar-refractivity contribution in [2.24, 2.45) is 5.73 Å². The summed E-state index contributed by atoms with van der Waals surface area (Å²) in [5, 5.41) is 4.26. The summed E-state index contributed by atoms with van der Waals surface area (Å²) in [4.78, 5) is 5.06. The minimum absolute atomic E-state index is 0.425. The number of rotatable bonds is 4. The average Bonchev–Trinajstić information content (AvgIpc) is 2.38. The van der Waals surface area contributed by atoms with Crippen molar-refractivity contribution in [3.63, 3.8) is 0 Å². The predicted molar refractivity (Wildman–Crippen MR) is 92.8 cm³/mol. The molecule has 2 atom stereocenters. The number of anilines is 1. The summed E-state index contributed by atoms with van der Waals surface area (Å²) < 4.78 is 0. The van der Waals surface area contributed by atoms with Crippen LogP contribution in [-0.2, 0) is 0 Å². The van der Waals surface area contributed by atoms with Crippen LogP contribution < -0.4 is 11.1 Å². The minimum atomic E-state index is 0.425. The van der Waals surface area contributed by atoms with Gasteiger partial charge in [-0.3, -0.25) is 0 Å². The van der Waals surface area contributed by atoms with E-state index in [1.165, 1.54) is 25.7 Å². The Morgan fingerprint density at radius 1 is 1.40 bits per heavy atom. The molecule has 110 valence electrons. The molecule has 3 N–H and O–H groups in total. The van der Waals surface area contributed by atoms with Crippen molar-refractivity contribution >= 4 is 34.8 Å². The Labute approximate surface area is 131 Å². The Balaban J connectivity index is 2.30. The van der Waals surface area contributed by atoms with E-state index in [0.717, 1.165) is 22.6 Å². The van der Waals surface area contributed by atoms with Crippen LogP contribution in [0.25, 0.3) is 0 Å². The van der Waals surface area contributed by atoms with Gasteiger partial charge in [0.05, 0.1) is 5.56 Å². The second-order valence-electron chi connectivity index (χ2n) is 5.48. The maximum Gasteiger partial charge on any atom is 0.137 e. The van der Waals surface area contributed by atoms with Crippen LogP contribution in [0.5, 0.6) is 0 Å². The second kappa shape index (κ2) is 6.76. The number of hydrogen-bond donors (Lipinski definition) is 2. The smallest absolute Gasteiger partial charge is 0.137 e.